The summed E-state index contributed by atoms with van der Waals surface area (Å²) in [6.45, 7) is 1.32. The molecule has 18 heavy (non-hydrogen) atoms. The number of carbonyl (C=O) groups excluding carboxylic acids is 1. The predicted molar refractivity (Wildman–Crippen MR) is 66.3 cm³/mol. The summed E-state index contributed by atoms with van der Waals surface area (Å²) in [4.78, 5) is 21.3. The minimum absolute atomic E-state index is 0.0116. The minimum atomic E-state index is -0.912. The number of hydrogen-bond acceptors (Lipinski definition) is 2. The molecule has 2 N–H and O–H groups in total. The SMILES string of the molecule is CC(=O)Nc1cc(F)c(Cl)c(CCCC(=O)O)c1. The third kappa shape index (κ3) is 4.33. The van der Waals surface area contributed by atoms with Gasteiger partial charge in [0.2, 0.25) is 5.91 Å². The number of carboxylic acids is 1. The lowest BCUT2D eigenvalue weighted by Gasteiger charge is -2.09. The van der Waals surface area contributed by atoms with Gasteiger partial charge >= 0.3 is 5.97 Å². The normalized spacial score (nSPS) is 10.2. The maximum Gasteiger partial charge on any atom is 0.303 e. The van der Waals surface area contributed by atoms with E-state index in [0.717, 1.165) is 6.07 Å². The molecule has 0 aliphatic carbocycles. The molecule has 1 amide bonds. The van der Waals surface area contributed by atoms with Crippen LogP contribution in [0.4, 0.5) is 10.1 Å². The third-order valence-electron chi connectivity index (χ3n) is 2.26. The van der Waals surface area contributed by atoms with E-state index in [-0.39, 0.29) is 17.4 Å². The molecule has 0 atom stereocenters. The Hall–Kier alpha value is -1.62. The summed E-state index contributed by atoms with van der Waals surface area (Å²) in [5.74, 6) is -1.86. The van der Waals surface area contributed by atoms with Crippen molar-refractivity contribution in [3.8, 4) is 0 Å². The molecule has 0 saturated heterocycles. The average Bonchev–Trinajstić information content (AvgIpc) is 2.23. The van der Waals surface area contributed by atoms with Gasteiger partial charge in [0, 0.05) is 19.0 Å². The van der Waals surface area contributed by atoms with Crippen molar-refractivity contribution in [2.75, 3.05) is 5.32 Å². The maximum atomic E-state index is 13.5. The molecule has 1 aromatic carbocycles. The Morgan fingerprint density at radius 3 is 2.67 bits per heavy atom. The lowest BCUT2D eigenvalue weighted by Crippen LogP contribution is -2.07. The molecule has 0 bridgehead atoms. The zero-order valence-corrected chi connectivity index (χ0v) is 10.6. The number of benzene rings is 1. The highest BCUT2D eigenvalue weighted by atomic mass is 35.5. The Bertz CT molecular complexity index is 477. The molecule has 0 saturated carbocycles. The zero-order chi connectivity index (χ0) is 13.7. The number of hydrogen-bond donors (Lipinski definition) is 2. The van der Waals surface area contributed by atoms with E-state index in [1.54, 1.807) is 6.07 Å². The van der Waals surface area contributed by atoms with Crippen molar-refractivity contribution in [2.24, 2.45) is 0 Å². The minimum Gasteiger partial charge on any atom is -0.481 e. The standard InChI is InChI=1S/C12H13ClFNO3/c1-7(16)15-9-5-8(3-2-4-11(17)18)12(13)10(14)6-9/h5-6H,2-4H2,1H3,(H,15,16)(H,17,18). The van der Waals surface area contributed by atoms with Gasteiger partial charge in [-0.05, 0) is 30.5 Å². The van der Waals surface area contributed by atoms with Gasteiger partial charge in [-0.15, -0.1) is 0 Å². The molecule has 1 rings (SSSR count). The van der Waals surface area contributed by atoms with Gasteiger partial charge in [-0.1, -0.05) is 11.6 Å². The fourth-order valence-corrected chi connectivity index (χ4v) is 1.74. The summed E-state index contributed by atoms with van der Waals surface area (Å²) in [6.07, 6.45) is 0.690. The number of rotatable bonds is 5. The molecule has 0 aliphatic heterocycles. The summed E-state index contributed by atoms with van der Waals surface area (Å²) in [7, 11) is 0. The van der Waals surface area contributed by atoms with Crippen LogP contribution in [0.1, 0.15) is 25.3 Å². The van der Waals surface area contributed by atoms with Crippen LogP contribution >= 0.6 is 11.6 Å². The molecule has 0 heterocycles. The van der Waals surface area contributed by atoms with Crippen LogP contribution in [0.3, 0.4) is 0 Å². The summed E-state index contributed by atoms with van der Waals surface area (Å²) in [5.41, 5.74) is 0.802. The molecular weight excluding hydrogens is 261 g/mol. The second kappa shape index (κ2) is 6.35. The quantitative estimate of drug-likeness (QED) is 0.867. The summed E-state index contributed by atoms with van der Waals surface area (Å²) < 4.78 is 13.5. The second-order valence-corrected chi connectivity index (χ2v) is 4.24. The molecule has 0 aliphatic rings. The zero-order valence-electron chi connectivity index (χ0n) is 9.80. The highest BCUT2D eigenvalue weighted by Gasteiger charge is 2.10. The molecule has 1 aromatic rings. The summed E-state index contributed by atoms with van der Waals surface area (Å²) in [5, 5.41) is 11.0. The Morgan fingerprint density at radius 2 is 2.11 bits per heavy atom. The lowest BCUT2D eigenvalue weighted by atomic mass is 10.1. The molecule has 4 nitrogen and oxygen atoms in total. The third-order valence-corrected chi connectivity index (χ3v) is 2.68. The van der Waals surface area contributed by atoms with Crippen molar-refractivity contribution in [3.05, 3.63) is 28.5 Å². The Labute approximate surface area is 109 Å². The van der Waals surface area contributed by atoms with E-state index in [9.17, 15) is 14.0 Å². The van der Waals surface area contributed by atoms with E-state index in [0.29, 0.717) is 24.1 Å². The number of carboxylic acid groups (broad SMARTS) is 1. The van der Waals surface area contributed by atoms with Crippen molar-refractivity contribution < 1.29 is 19.1 Å². The van der Waals surface area contributed by atoms with Crippen molar-refractivity contribution >= 4 is 29.2 Å². The smallest absolute Gasteiger partial charge is 0.303 e. The van der Waals surface area contributed by atoms with Gasteiger partial charge in [-0.2, -0.15) is 0 Å². The van der Waals surface area contributed by atoms with Gasteiger partial charge in [0.25, 0.3) is 0 Å². The molecule has 0 unspecified atom stereocenters. The van der Waals surface area contributed by atoms with E-state index in [4.69, 9.17) is 16.7 Å². The molecule has 0 fully saturated rings. The van der Waals surface area contributed by atoms with E-state index in [1.807, 2.05) is 0 Å². The second-order valence-electron chi connectivity index (χ2n) is 3.86. The van der Waals surface area contributed by atoms with E-state index in [2.05, 4.69) is 5.32 Å². The number of aryl methyl sites for hydroxylation is 1. The van der Waals surface area contributed by atoms with Gasteiger partial charge in [0.05, 0.1) is 5.02 Å². The molecular formula is C12H13ClFNO3. The van der Waals surface area contributed by atoms with E-state index >= 15 is 0 Å². The van der Waals surface area contributed by atoms with Crippen molar-refractivity contribution in [1.29, 1.82) is 0 Å². The Morgan fingerprint density at radius 1 is 1.44 bits per heavy atom. The monoisotopic (exact) mass is 273 g/mol. The topological polar surface area (TPSA) is 66.4 Å². The maximum absolute atomic E-state index is 13.5. The van der Waals surface area contributed by atoms with Crippen LogP contribution in [0, 0.1) is 5.82 Å². The van der Waals surface area contributed by atoms with Crippen LogP contribution in [0.5, 0.6) is 0 Å². The number of halogens is 2. The molecule has 0 spiro atoms. The summed E-state index contributed by atoms with van der Waals surface area (Å²) in [6, 6.07) is 2.68. The van der Waals surface area contributed by atoms with Gasteiger partial charge in [0.1, 0.15) is 5.82 Å². The molecule has 0 radical (unpaired) electrons. The molecule has 6 heteroatoms. The van der Waals surface area contributed by atoms with Crippen LogP contribution in [-0.4, -0.2) is 17.0 Å². The first-order valence-corrected chi connectivity index (χ1v) is 5.75. The van der Waals surface area contributed by atoms with Gasteiger partial charge < -0.3 is 10.4 Å². The lowest BCUT2D eigenvalue weighted by molar-refractivity contribution is -0.137. The van der Waals surface area contributed by atoms with Crippen LogP contribution in [0.2, 0.25) is 5.02 Å². The number of amides is 1. The van der Waals surface area contributed by atoms with Gasteiger partial charge in [-0.3, -0.25) is 9.59 Å². The van der Waals surface area contributed by atoms with Crippen LogP contribution in [0.15, 0.2) is 12.1 Å². The largest absolute Gasteiger partial charge is 0.481 e. The van der Waals surface area contributed by atoms with E-state index < -0.39 is 11.8 Å². The molecule has 98 valence electrons. The fraction of sp³-hybridized carbons (Fsp3) is 0.333. The highest BCUT2D eigenvalue weighted by molar-refractivity contribution is 6.31. The van der Waals surface area contributed by atoms with Gasteiger partial charge in [-0.25, -0.2) is 4.39 Å². The first-order valence-electron chi connectivity index (χ1n) is 5.37. The van der Waals surface area contributed by atoms with Crippen LogP contribution in [-0.2, 0) is 16.0 Å². The predicted octanol–water partition coefficient (Wildman–Crippen LogP) is 2.84. The number of nitrogens with one attached hydrogen (secondary N) is 1. The summed E-state index contributed by atoms with van der Waals surface area (Å²) >= 11 is 5.78. The average molecular weight is 274 g/mol. The van der Waals surface area contributed by atoms with Crippen LogP contribution in [0.25, 0.3) is 0 Å². The first kappa shape index (κ1) is 14.4. The van der Waals surface area contributed by atoms with E-state index in [1.165, 1.54) is 6.92 Å². The van der Waals surface area contributed by atoms with Crippen molar-refractivity contribution in [1.82, 2.24) is 0 Å². The highest BCUT2D eigenvalue weighted by Crippen LogP contribution is 2.26. The fourth-order valence-electron chi connectivity index (χ4n) is 1.53. The Balaban J connectivity index is 2.84. The van der Waals surface area contributed by atoms with Crippen LogP contribution < -0.4 is 5.32 Å². The van der Waals surface area contributed by atoms with Gasteiger partial charge in [0.15, 0.2) is 0 Å². The molecule has 0 aromatic heterocycles. The van der Waals surface area contributed by atoms with Crippen molar-refractivity contribution in [2.45, 2.75) is 26.2 Å². The Kier molecular flexibility index (Phi) is 5.09. The first-order chi connectivity index (χ1) is 8.40. The van der Waals surface area contributed by atoms with Crippen molar-refractivity contribution in [3.63, 3.8) is 0 Å². The number of anilines is 1. The number of carbonyl (C=O) groups is 2. The number of aliphatic carboxylic acids is 1.